The van der Waals surface area contributed by atoms with E-state index in [0.717, 1.165) is 28.1 Å². The molecule has 1 aromatic heterocycles. The number of ether oxygens (including phenoxy) is 2. The molecule has 158 valence electrons. The van der Waals surface area contributed by atoms with Gasteiger partial charge >= 0.3 is 5.97 Å². The van der Waals surface area contributed by atoms with E-state index in [4.69, 9.17) is 9.47 Å². The minimum atomic E-state index is -0.434. The third-order valence-electron chi connectivity index (χ3n) is 5.52. The molecule has 0 atom stereocenters. The third-order valence-corrected chi connectivity index (χ3v) is 5.52. The second-order valence-electron chi connectivity index (χ2n) is 7.51. The Labute approximate surface area is 185 Å². The number of phenolic OH excluding ortho intramolecular Hbond substituents is 1. The van der Waals surface area contributed by atoms with Crippen LogP contribution in [-0.2, 0) is 11.3 Å². The van der Waals surface area contributed by atoms with Gasteiger partial charge in [0.2, 0.25) is 0 Å². The number of carbonyl (C=O) groups excluding carboxylic acids is 1. The molecule has 0 aliphatic carbocycles. The van der Waals surface area contributed by atoms with Crippen LogP contribution >= 0.6 is 0 Å². The van der Waals surface area contributed by atoms with E-state index in [-0.39, 0.29) is 5.75 Å². The van der Waals surface area contributed by atoms with Crippen molar-refractivity contribution < 1.29 is 19.4 Å². The smallest absolute Gasteiger partial charge is 0.338 e. The summed E-state index contributed by atoms with van der Waals surface area (Å²) in [6.45, 7) is 0.542. The fraction of sp³-hybridized carbons (Fsp3) is 0.0741. The molecule has 0 spiro atoms. The average Bonchev–Trinajstić information content (AvgIpc) is 3.14. The van der Waals surface area contributed by atoms with Gasteiger partial charge in [0, 0.05) is 11.9 Å². The van der Waals surface area contributed by atoms with Gasteiger partial charge in [0.25, 0.3) is 0 Å². The van der Waals surface area contributed by atoms with Crippen molar-refractivity contribution in [1.82, 2.24) is 4.57 Å². The van der Waals surface area contributed by atoms with Gasteiger partial charge in [-0.05, 0) is 54.1 Å². The molecule has 1 N–H and O–H groups in total. The van der Waals surface area contributed by atoms with Crippen molar-refractivity contribution in [2.75, 3.05) is 7.11 Å². The predicted molar refractivity (Wildman–Crippen MR) is 125 cm³/mol. The van der Waals surface area contributed by atoms with Gasteiger partial charge in [-0.15, -0.1) is 0 Å². The van der Waals surface area contributed by atoms with Crippen LogP contribution in [0.4, 0.5) is 0 Å². The van der Waals surface area contributed by atoms with E-state index in [1.165, 1.54) is 7.11 Å². The zero-order valence-corrected chi connectivity index (χ0v) is 17.5. The molecule has 0 aliphatic heterocycles. The molecule has 0 radical (unpaired) electrons. The summed E-state index contributed by atoms with van der Waals surface area (Å²) in [6, 6.07) is 28.4. The SMILES string of the molecule is COC(=O)c1cccc2c1c1c(O)cccc1n2Cc1cccc(Oc2ccccc2)c1. The Morgan fingerprint density at radius 1 is 0.812 bits per heavy atom. The minimum absolute atomic E-state index is 0.128. The molecule has 5 heteroatoms. The number of fused-ring (bicyclic) bond motifs is 3. The van der Waals surface area contributed by atoms with Gasteiger partial charge in [-0.3, -0.25) is 0 Å². The molecule has 0 saturated heterocycles. The molecule has 0 unspecified atom stereocenters. The average molecular weight is 423 g/mol. The van der Waals surface area contributed by atoms with Gasteiger partial charge in [0.1, 0.15) is 17.2 Å². The molecular weight excluding hydrogens is 402 g/mol. The van der Waals surface area contributed by atoms with Crippen LogP contribution in [0.15, 0.2) is 91.0 Å². The van der Waals surface area contributed by atoms with Crippen LogP contribution in [0, 0.1) is 0 Å². The molecule has 5 aromatic rings. The van der Waals surface area contributed by atoms with Gasteiger partial charge in [-0.2, -0.15) is 0 Å². The van der Waals surface area contributed by atoms with Gasteiger partial charge < -0.3 is 19.1 Å². The molecule has 0 bridgehead atoms. The predicted octanol–water partition coefficient (Wildman–Crippen LogP) is 6.13. The Morgan fingerprint density at radius 3 is 2.28 bits per heavy atom. The van der Waals surface area contributed by atoms with Gasteiger partial charge in [0.15, 0.2) is 0 Å². The Kier molecular flexibility index (Phi) is 5.00. The van der Waals surface area contributed by atoms with Crippen molar-refractivity contribution in [3.8, 4) is 17.2 Å². The van der Waals surface area contributed by atoms with Crippen LogP contribution in [0.3, 0.4) is 0 Å². The van der Waals surface area contributed by atoms with Crippen LogP contribution in [0.5, 0.6) is 17.2 Å². The van der Waals surface area contributed by atoms with Crippen LogP contribution < -0.4 is 4.74 Å². The summed E-state index contributed by atoms with van der Waals surface area (Å²) in [5, 5.41) is 12.0. The second-order valence-corrected chi connectivity index (χ2v) is 7.51. The quantitative estimate of drug-likeness (QED) is 0.346. The first-order valence-corrected chi connectivity index (χ1v) is 10.3. The number of aromatic nitrogens is 1. The fourth-order valence-electron chi connectivity index (χ4n) is 4.13. The second kappa shape index (κ2) is 8.12. The number of rotatable bonds is 5. The Bertz CT molecular complexity index is 1440. The summed E-state index contributed by atoms with van der Waals surface area (Å²) in [4.78, 5) is 12.4. The van der Waals surface area contributed by atoms with E-state index in [2.05, 4.69) is 4.57 Å². The zero-order valence-electron chi connectivity index (χ0n) is 17.5. The molecule has 1 heterocycles. The fourth-order valence-corrected chi connectivity index (χ4v) is 4.13. The normalized spacial score (nSPS) is 11.0. The van der Waals surface area contributed by atoms with Gasteiger partial charge in [-0.1, -0.05) is 42.5 Å². The third kappa shape index (κ3) is 3.44. The number of para-hydroxylation sites is 1. The highest BCUT2D eigenvalue weighted by Crippen LogP contribution is 2.38. The maximum absolute atomic E-state index is 12.4. The number of hydrogen-bond acceptors (Lipinski definition) is 4. The lowest BCUT2D eigenvalue weighted by atomic mass is 10.1. The lowest BCUT2D eigenvalue weighted by Gasteiger charge is -2.11. The molecule has 5 rings (SSSR count). The number of phenols is 1. The van der Waals surface area contributed by atoms with E-state index < -0.39 is 5.97 Å². The maximum Gasteiger partial charge on any atom is 0.338 e. The van der Waals surface area contributed by atoms with E-state index >= 15 is 0 Å². The summed E-state index contributed by atoms with van der Waals surface area (Å²) in [6.07, 6.45) is 0. The first-order valence-electron chi connectivity index (χ1n) is 10.3. The van der Waals surface area contributed by atoms with E-state index in [0.29, 0.717) is 22.9 Å². The molecule has 4 aromatic carbocycles. The number of nitrogens with zero attached hydrogens (tertiary/aromatic N) is 1. The van der Waals surface area contributed by atoms with Crippen LogP contribution in [0.2, 0.25) is 0 Å². The maximum atomic E-state index is 12.4. The molecule has 0 aliphatic rings. The summed E-state index contributed by atoms with van der Waals surface area (Å²) < 4.78 is 13.1. The summed E-state index contributed by atoms with van der Waals surface area (Å²) in [5.41, 5.74) is 3.14. The molecule has 0 saturated carbocycles. The standard InChI is InChI=1S/C27H21NO4/c1-31-27(30)21-12-6-13-22-25(21)26-23(14-7-15-24(26)29)28(22)17-18-8-5-11-20(16-18)32-19-9-3-2-4-10-19/h2-16,29H,17H2,1H3. The van der Waals surface area contributed by atoms with Gasteiger partial charge in [0.05, 0.1) is 29.1 Å². The van der Waals surface area contributed by atoms with Crippen molar-refractivity contribution in [1.29, 1.82) is 0 Å². The van der Waals surface area contributed by atoms with Crippen molar-refractivity contribution in [3.05, 3.63) is 102 Å². The summed E-state index contributed by atoms with van der Waals surface area (Å²) in [5.74, 6) is 1.21. The topological polar surface area (TPSA) is 60.7 Å². The van der Waals surface area contributed by atoms with E-state index in [1.807, 2.05) is 72.8 Å². The highest BCUT2D eigenvalue weighted by Gasteiger charge is 2.20. The first-order chi connectivity index (χ1) is 15.7. The molecule has 5 nitrogen and oxygen atoms in total. The number of aromatic hydroxyl groups is 1. The Morgan fingerprint density at radius 2 is 1.50 bits per heavy atom. The number of esters is 1. The molecule has 32 heavy (non-hydrogen) atoms. The van der Waals surface area contributed by atoms with Crippen molar-refractivity contribution in [3.63, 3.8) is 0 Å². The van der Waals surface area contributed by atoms with E-state index in [9.17, 15) is 9.90 Å². The summed E-state index contributed by atoms with van der Waals surface area (Å²) in [7, 11) is 1.36. The first kappa shape index (κ1) is 19.7. The lowest BCUT2D eigenvalue weighted by Crippen LogP contribution is -2.03. The summed E-state index contributed by atoms with van der Waals surface area (Å²) >= 11 is 0. The lowest BCUT2D eigenvalue weighted by molar-refractivity contribution is 0.0603. The number of hydrogen-bond donors (Lipinski definition) is 1. The molecular formula is C27H21NO4. The van der Waals surface area contributed by atoms with Crippen molar-refractivity contribution in [2.24, 2.45) is 0 Å². The van der Waals surface area contributed by atoms with Crippen LogP contribution in [-0.4, -0.2) is 22.8 Å². The molecule has 0 fully saturated rings. The zero-order chi connectivity index (χ0) is 22.1. The monoisotopic (exact) mass is 423 g/mol. The number of methoxy groups -OCH3 is 1. The highest BCUT2D eigenvalue weighted by atomic mass is 16.5. The number of carbonyl (C=O) groups is 1. The van der Waals surface area contributed by atoms with Crippen LogP contribution in [0.1, 0.15) is 15.9 Å². The van der Waals surface area contributed by atoms with E-state index in [1.54, 1.807) is 18.2 Å². The highest BCUT2D eigenvalue weighted by molar-refractivity contribution is 6.19. The van der Waals surface area contributed by atoms with Gasteiger partial charge in [-0.25, -0.2) is 4.79 Å². The van der Waals surface area contributed by atoms with Crippen molar-refractivity contribution in [2.45, 2.75) is 6.54 Å². The van der Waals surface area contributed by atoms with Crippen molar-refractivity contribution >= 4 is 27.8 Å². The Balaban J connectivity index is 1.63. The van der Waals surface area contributed by atoms with Crippen LogP contribution in [0.25, 0.3) is 21.8 Å². The number of benzene rings is 4. The largest absolute Gasteiger partial charge is 0.507 e. The molecule has 0 amide bonds. The Hall–Kier alpha value is -4.25. The minimum Gasteiger partial charge on any atom is -0.507 e.